The van der Waals surface area contributed by atoms with Crippen LogP contribution in [-0.2, 0) is 11.2 Å². The van der Waals surface area contributed by atoms with E-state index < -0.39 is 0 Å². The van der Waals surface area contributed by atoms with Gasteiger partial charge in [-0.3, -0.25) is 20.6 Å². The van der Waals surface area contributed by atoms with Crippen molar-refractivity contribution in [2.24, 2.45) is 15.7 Å². The SMILES string of the molecule is CCc1cnc(C)nc1NNC(=O)CCC(=NC)N=C(N)N1CCCC1. The number of nitrogens with two attached hydrogens (primary N) is 1. The third kappa shape index (κ3) is 5.68. The van der Waals surface area contributed by atoms with Crippen molar-refractivity contribution >= 4 is 23.5 Å². The third-order valence-electron chi connectivity index (χ3n) is 4.19. The van der Waals surface area contributed by atoms with E-state index in [1.54, 1.807) is 20.2 Å². The van der Waals surface area contributed by atoms with E-state index in [2.05, 4.69) is 30.8 Å². The molecule has 1 aromatic heterocycles. The Hall–Kier alpha value is -2.71. The van der Waals surface area contributed by atoms with E-state index in [0.717, 1.165) is 37.9 Å². The van der Waals surface area contributed by atoms with Crippen LogP contribution in [0.2, 0.25) is 0 Å². The first-order valence-electron chi connectivity index (χ1n) is 8.95. The zero-order chi connectivity index (χ0) is 18.9. The number of nitrogens with zero attached hydrogens (tertiary/aromatic N) is 5. The molecule has 1 aliphatic rings. The van der Waals surface area contributed by atoms with Crippen LogP contribution >= 0.6 is 0 Å². The molecule has 1 fully saturated rings. The molecule has 9 nitrogen and oxygen atoms in total. The number of amidine groups is 1. The maximum absolute atomic E-state index is 12.1. The van der Waals surface area contributed by atoms with Crippen molar-refractivity contribution < 1.29 is 4.79 Å². The molecule has 26 heavy (non-hydrogen) atoms. The number of anilines is 1. The van der Waals surface area contributed by atoms with Crippen molar-refractivity contribution in [3.05, 3.63) is 17.6 Å². The molecule has 1 amide bonds. The Morgan fingerprint density at radius 1 is 1.35 bits per heavy atom. The van der Waals surface area contributed by atoms with Gasteiger partial charge in [-0.2, -0.15) is 0 Å². The molecule has 1 aliphatic heterocycles. The largest absolute Gasteiger partial charge is 0.369 e. The molecule has 0 saturated carbocycles. The number of aromatic nitrogens is 2. The first kappa shape index (κ1) is 19.6. The summed E-state index contributed by atoms with van der Waals surface area (Å²) in [4.78, 5) is 31.1. The molecule has 0 aromatic carbocycles. The van der Waals surface area contributed by atoms with E-state index >= 15 is 0 Å². The van der Waals surface area contributed by atoms with Crippen LogP contribution in [-0.4, -0.2) is 52.7 Å². The summed E-state index contributed by atoms with van der Waals surface area (Å²) in [5.41, 5.74) is 12.5. The highest BCUT2D eigenvalue weighted by atomic mass is 16.2. The topological polar surface area (TPSA) is 121 Å². The second-order valence-corrected chi connectivity index (χ2v) is 6.12. The van der Waals surface area contributed by atoms with Crippen molar-refractivity contribution in [2.45, 2.75) is 46.0 Å². The first-order valence-corrected chi connectivity index (χ1v) is 8.95. The van der Waals surface area contributed by atoms with Crippen LogP contribution in [0.15, 0.2) is 16.2 Å². The molecular formula is C17H28N8O. The van der Waals surface area contributed by atoms with E-state index in [1.807, 2.05) is 11.8 Å². The maximum atomic E-state index is 12.1. The fourth-order valence-corrected chi connectivity index (χ4v) is 2.65. The van der Waals surface area contributed by atoms with Gasteiger partial charge in [-0.05, 0) is 26.2 Å². The Labute approximate surface area is 154 Å². The number of amides is 1. The van der Waals surface area contributed by atoms with Gasteiger partial charge in [0, 0.05) is 44.7 Å². The summed E-state index contributed by atoms with van der Waals surface area (Å²) < 4.78 is 0. The smallest absolute Gasteiger partial charge is 0.238 e. The van der Waals surface area contributed by atoms with Crippen LogP contribution in [0.1, 0.15) is 44.0 Å². The van der Waals surface area contributed by atoms with Crippen molar-refractivity contribution in [3.8, 4) is 0 Å². The van der Waals surface area contributed by atoms with Gasteiger partial charge in [-0.1, -0.05) is 6.92 Å². The zero-order valence-corrected chi connectivity index (χ0v) is 15.7. The Morgan fingerprint density at radius 3 is 2.73 bits per heavy atom. The van der Waals surface area contributed by atoms with Crippen molar-refractivity contribution in [1.82, 2.24) is 20.3 Å². The molecule has 0 spiro atoms. The van der Waals surface area contributed by atoms with E-state index in [0.29, 0.717) is 29.9 Å². The summed E-state index contributed by atoms with van der Waals surface area (Å²) in [7, 11) is 1.66. The molecule has 0 bridgehead atoms. The highest BCUT2D eigenvalue weighted by Crippen LogP contribution is 2.11. The molecule has 1 saturated heterocycles. The highest BCUT2D eigenvalue weighted by Gasteiger charge is 2.14. The minimum absolute atomic E-state index is 0.167. The summed E-state index contributed by atoms with van der Waals surface area (Å²) in [6, 6.07) is 0. The zero-order valence-electron chi connectivity index (χ0n) is 15.7. The predicted molar refractivity (Wildman–Crippen MR) is 103 cm³/mol. The van der Waals surface area contributed by atoms with Gasteiger partial charge in [-0.25, -0.2) is 15.0 Å². The first-order chi connectivity index (χ1) is 12.5. The second-order valence-electron chi connectivity index (χ2n) is 6.12. The van der Waals surface area contributed by atoms with Crippen LogP contribution in [0.5, 0.6) is 0 Å². The van der Waals surface area contributed by atoms with Crippen LogP contribution in [0.3, 0.4) is 0 Å². The summed E-state index contributed by atoms with van der Waals surface area (Å²) in [6.45, 7) is 5.66. The molecular weight excluding hydrogens is 332 g/mol. The molecule has 2 heterocycles. The van der Waals surface area contributed by atoms with Gasteiger partial charge in [0.2, 0.25) is 5.91 Å². The number of carbonyl (C=O) groups is 1. The number of guanidine groups is 1. The van der Waals surface area contributed by atoms with E-state index in [4.69, 9.17) is 5.73 Å². The number of likely N-dealkylation sites (tertiary alicyclic amines) is 1. The van der Waals surface area contributed by atoms with Gasteiger partial charge in [0.15, 0.2) is 11.8 Å². The quantitative estimate of drug-likeness (QED) is 0.395. The Morgan fingerprint density at radius 2 is 2.08 bits per heavy atom. The summed E-state index contributed by atoms with van der Waals surface area (Å²) in [5.74, 6) is 2.14. The van der Waals surface area contributed by atoms with E-state index in [-0.39, 0.29) is 12.3 Å². The minimum atomic E-state index is -0.167. The molecule has 1 aromatic rings. The molecule has 0 aliphatic carbocycles. The number of hydrogen-bond donors (Lipinski definition) is 3. The number of hydrogen-bond acceptors (Lipinski definition) is 5. The normalized spacial score (nSPS) is 15.3. The molecule has 0 atom stereocenters. The number of aryl methyl sites for hydroxylation is 2. The highest BCUT2D eigenvalue weighted by molar-refractivity contribution is 5.96. The maximum Gasteiger partial charge on any atom is 0.238 e. The molecule has 0 radical (unpaired) electrons. The fraction of sp³-hybridized carbons (Fsp3) is 0.588. The third-order valence-corrected chi connectivity index (χ3v) is 4.19. The van der Waals surface area contributed by atoms with Crippen LogP contribution in [0.4, 0.5) is 5.82 Å². The molecule has 0 unspecified atom stereocenters. The molecule has 9 heteroatoms. The minimum Gasteiger partial charge on any atom is -0.369 e. The van der Waals surface area contributed by atoms with Crippen LogP contribution < -0.4 is 16.6 Å². The Bertz CT molecular complexity index is 679. The number of carbonyl (C=O) groups excluding carboxylic acids is 1. The van der Waals surface area contributed by atoms with E-state index in [1.165, 1.54) is 0 Å². The summed E-state index contributed by atoms with van der Waals surface area (Å²) in [5, 5.41) is 0. The Balaban J connectivity index is 1.84. The Kier molecular flexibility index (Phi) is 7.31. The van der Waals surface area contributed by atoms with E-state index in [9.17, 15) is 4.79 Å². The molecule has 142 valence electrons. The van der Waals surface area contributed by atoms with Gasteiger partial charge in [0.25, 0.3) is 0 Å². The van der Waals surface area contributed by atoms with Crippen molar-refractivity contribution in [2.75, 3.05) is 25.6 Å². The summed E-state index contributed by atoms with van der Waals surface area (Å²) in [6.07, 6.45) is 5.46. The van der Waals surface area contributed by atoms with Gasteiger partial charge in [0.1, 0.15) is 11.7 Å². The van der Waals surface area contributed by atoms with Gasteiger partial charge in [0.05, 0.1) is 0 Å². The lowest BCUT2D eigenvalue weighted by atomic mass is 10.2. The average molecular weight is 360 g/mol. The van der Waals surface area contributed by atoms with Crippen molar-refractivity contribution in [3.63, 3.8) is 0 Å². The number of aliphatic imine (C=N–C) groups is 2. The fourth-order valence-electron chi connectivity index (χ4n) is 2.65. The van der Waals surface area contributed by atoms with Crippen molar-refractivity contribution in [1.29, 1.82) is 0 Å². The number of hydrazine groups is 1. The average Bonchev–Trinajstić information content (AvgIpc) is 3.18. The lowest BCUT2D eigenvalue weighted by Gasteiger charge is -2.16. The van der Waals surface area contributed by atoms with Gasteiger partial charge >= 0.3 is 0 Å². The number of nitrogens with one attached hydrogen (secondary N) is 2. The molecule has 2 rings (SSSR count). The monoisotopic (exact) mass is 360 g/mol. The lowest BCUT2D eigenvalue weighted by molar-refractivity contribution is -0.120. The second kappa shape index (κ2) is 9.69. The van der Waals surface area contributed by atoms with Crippen LogP contribution in [0, 0.1) is 6.92 Å². The van der Waals surface area contributed by atoms with Crippen LogP contribution in [0.25, 0.3) is 0 Å². The van der Waals surface area contributed by atoms with Gasteiger partial charge < -0.3 is 10.6 Å². The summed E-state index contributed by atoms with van der Waals surface area (Å²) >= 11 is 0. The lowest BCUT2D eigenvalue weighted by Crippen LogP contribution is -2.35. The standard InChI is InChI=1S/C17H28N8O/c1-4-13-11-20-12(2)21-16(13)24-23-15(26)8-7-14(19-3)22-17(18)25-9-5-6-10-25/h11H,4-10H2,1-3H3,(H,23,26)(H2,18,19,22)(H,20,21,24). The van der Waals surface area contributed by atoms with Gasteiger partial charge in [-0.15, -0.1) is 0 Å². The number of rotatable bonds is 6. The predicted octanol–water partition coefficient (Wildman–Crippen LogP) is 1.01. The molecule has 4 N–H and O–H groups in total.